The number of likely N-dealkylation sites (tertiary alicyclic amines) is 1. The fourth-order valence-electron chi connectivity index (χ4n) is 2.54. The van der Waals surface area contributed by atoms with Gasteiger partial charge in [-0.05, 0) is 30.7 Å². The molecule has 0 radical (unpaired) electrons. The third-order valence-corrected chi connectivity index (χ3v) is 3.97. The molecule has 0 aromatic heterocycles. The van der Waals surface area contributed by atoms with Gasteiger partial charge >= 0.3 is 0 Å². The van der Waals surface area contributed by atoms with Gasteiger partial charge < -0.3 is 19.5 Å². The highest BCUT2D eigenvalue weighted by Gasteiger charge is 2.28. The first-order chi connectivity index (χ1) is 12.5. The third kappa shape index (κ3) is 5.74. The minimum atomic E-state index is -0.637. The summed E-state index contributed by atoms with van der Waals surface area (Å²) in [5.74, 6) is -0.140. The van der Waals surface area contributed by atoms with Crippen LogP contribution < -0.4 is 4.74 Å². The lowest BCUT2D eigenvalue weighted by molar-refractivity contribution is -0.132. The molecule has 1 atom stereocenters. The zero-order valence-electron chi connectivity index (χ0n) is 14.9. The van der Waals surface area contributed by atoms with Crippen LogP contribution >= 0.6 is 0 Å². The number of hydrogen-bond acceptors (Lipinski definition) is 4. The average molecular weight is 361 g/mol. The van der Waals surface area contributed by atoms with E-state index in [-0.39, 0.29) is 31.0 Å². The maximum atomic E-state index is 13.4. The van der Waals surface area contributed by atoms with E-state index in [9.17, 15) is 9.18 Å². The SMILES string of the molecule is C=C(F)/C(=C\C=C/C)O[C@H]1CCN(C(=O)COc2ccc(CO)cc2)C1. The zero-order chi connectivity index (χ0) is 18.9. The Bertz CT molecular complexity index is 682. The maximum Gasteiger partial charge on any atom is 0.260 e. The molecule has 0 unspecified atom stereocenters. The Kier molecular flexibility index (Phi) is 7.41. The molecule has 0 bridgehead atoms. The maximum absolute atomic E-state index is 13.4. The summed E-state index contributed by atoms with van der Waals surface area (Å²) < 4.78 is 24.5. The second-order valence-electron chi connectivity index (χ2n) is 5.92. The van der Waals surface area contributed by atoms with Crippen molar-refractivity contribution in [3.63, 3.8) is 0 Å². The van der Waals surface area contributed by atoms with Crippen molar-refractivity contribution in [1.29, 1.82) is 0 Å². The molecule has 140 valence electrons. The molecule has 1 aliphatic rings. The summed E-state index contributed by atoms with van der Waals surface area (Å²) in [4.78, 5) is 13.9. The lowest BCUT2D eigenvalue weighted by atomic mass is 10.2. The molecule has 2 rings (SSSR count). The van der Waals surface area contributed by atoms with E-state index in [4.69, 9.17) is 14.6 Å². The quantitative estimate of drug-likeness (QED) is 0.571. The van der Waals surface area contributed by atoms with E-state index in [0.29, 0.717) is 25.3 Å². The van der Waals surface area contributed by atoms with Gasteiger partial charge in [-0.2, -0.15) is 0 Å². The summed E-state index contributed by atoms with van der Waals surface area (Å²) in [6, 6.07) is 6.89. The van der Waals surface area contributed by atoms with Gasteiger partial charge in [-0.1, -0.05) is 30.9 Å². The molecular formula is C20H24FNO4. The molecule has 1 aromatic carbocycles. The second kappa shape index (κ2) is 9.77. The van der Waals surface area contributed by atoms with E-state index in [1.54, 1.807) is 41.3 Å². The Balaban J connectivity index is 1.83. The molecule has 1 N–H and O–H groups in total. The molecule has 1 aliphatic heterocycles. The normalized spacial score (nSPS) is 17.6. The number of aliphatic hydroxyl groups is 1. The molecule has 0 saturated carbocycles. The summed E-state index contributed by atoms with van der Waals surface area (Å²) in [5, 5.41) is 9.01. The monoisotopic (exact) mass is 361 g/mol. The molecule has 0 aliphatic carbocycles. The summed E-state index contributed by atoms with van der Waals surface area (Å²) in [6.45, 7) is 5.89. The van der Waals surface area contributed by atoms with E-state index in [2.05, 4.69) is 6.58 Å². The summed E-state index contributed by atoms with van der Waals surface area (Å²) in [6.07, 6.45) is 5.31. The average Bonchev–Trinajstić information content (AvgIpc) is 3.12. The van der Waals surface area contributed by atoms with Crippen molar-refractivity contribution < 1.29 is 23.8 Å². The lowest BCUT2D eigenvalue weighted by Crippen LogP contribution is -2.34. The van der Waals surface area contributed by atoms with Gasteiger partial charge in [0.2, 0.25) is 0 Å². The summed E-state index contributed by atoms with van der Waals surface area (Å²) >= 11 is 0. The van der Waals surface area contributed by atoms with Crippen LogP contribution in [-0.2, 0) is 16.1 Å². The van der Waals surface area contributed by atoms with Gasteiger partial charge in [0.25, 0.3) is 5.91 Å². The van der Waals surface area contributed by atoms with Crippen molar-refractivity contribution in [2.75, 3.05) is 19.7 Å². The van der Waals surface area contributed by atoms with Crippen LogP contribution in [0.5, 0.6) is 5.75 Å². The number of ether oxygens (including phenoxy) is 2. The highest BCUT2D eigenvalue weighted by molar-refractivity contribution is 5.78. The van der Waals surface area contributed by atoms with Crippen LogP contribution in [0.4, 0.5) is 4.39 Å². The highest BCUT2D eigenvalue weighted by atomic mass is 19.1. The highest BCUT2D eigenvalue weighted by Crippen LogP contribution is 2.21. The number of carbonyl (C=O) groups excluding carboxylic acids is 1. The third-order valence-electron chi connectivity index (χ3n) is 3.97. The first-order valence-electron chi connectivity index (χ1n) is 8.48. The standard InChI is InChI=1S/C20H24FNO4/c1-3-4-5-19(15(2)21)26-18-10-11-22(12-18)20(24)14-25-17-8-6-16(13-23)7-9-17/h3-9,18,23H,2,10-14H2,1H3/b4-3-,19-5+/t18-/m0/s1. The molecule has 1 fully saturated rings. The van der Waals surface area contributed by atoms with E-state index >= 15 is 0 Å². The van der Waals surface area contributed by atoms with Gasteiger partial charge in [0.05, 0.1) is 13.2 Å². The Morgan fingerprint density at radius 1 is 1.42 bits per heavy atom. The smallest absolute Gasteiger partial charge is 0.260 e. The van der Waals surface area contributed by atoms with E-state index in [1.165, 1.54) is 6.08 Å². The van der Waals surface area contributed by atoms with Crippen molar-refractivity contribution in [2.24, 2.45) is 0 Å². The number of nitrogens with zero attached hydrogens (tertiary/aromatic N) is 1. The minimum Gasteiger partial charge on any atom is -0.485 e. The predicted octanol–water partition coefficient (Wildman–Crippen LogP) is 3.12. The molecule has 0 spiro atoms. The Morgan fingerprint density at radius 2 is 2.15 bits per heavy atom. The number of halogens is 1. The second-order valence-corrected chi connectivity index (χ2v) is 5.92. The van der Waals surface area contributed by atoms with Crippen LogP contribution in [0, 0.1) is 0 Å². The lowest BCUT2D eigenvalue weighted by Gasteiger charge is -2.18. The fourth-order valence-corrected chi connectivity index (χ4v) is 2.54. The van der Waals surface area contributed by atoms with Crippen LogP contribution in [0.1, 0.15) is 18.9 Å². The molecule has 1 amide bonds. The largest absolute Gasteiger partial charge is 0.485 e. The summed E-state index contributed by atoms with van der Waals surface area (Å²) in [5.41, 5.74) is 0.777. The zero-order valence-corrected chi connectivity index (χ0v) is 14.9. The number of allylic oxidation sites excluding steroid dienone is 4. The van der Waals surface area contributed by atoms with E-state index in [1.807, 2.05) is 6.92 Å². The van der Waals surface area contributed by atoms with Gasteiger partial charge in [0.1, 0.15) is 11.9 Å². The molecule has 1 heterocycles. The Morgan fingerprint density at radius 3 is 2.77 bits per heavy atom. The fraction of sp³-hybridized carbons (Fsp3) is 0.350. The van der Waals surface area contributed by atoms with Crippen molar-refractivity contribution in [3.05, 3.63) is 66.2 Å². The molecule has 5 nitrogen and oxygen atoms in total. The Hall–Kier alpha value is -2.60. The number of hydrogen-bond donors (Lipinski definition) is 1. The summed E-state index contributed by atoms with van der Waals surface area (Å²) in [7, 11) is 0. The topological polar surface area (TPSA) is 59.0 Å². The predicted molar refractivity (Wildman–Crippen MR) is 97.1 cm³/mol. The van der Waals surface area contributed by atoms with Crippen molar-refractivity contribution in [2.45, 2.75) is 26.1 Å². The van der Waals surface area contributed by atoms with Crippen molar-refractivity contribution >= 4 is 5.91 Å². The van der Waals surface area contributed by atoms with Crippen LogP contribution in [-0.4, -0.2) is 41.7 Å². The van der Waals surface area contributed by atoms with Gasteiger partial charge in [-0.25, -0.2) is 4.39 Å². The van der Waals surface area contributed by atoms with Crippen LogP contribution in [0.15, 0.2) is 60.7 Å². The molecule has 26 heavy (non-hydrogen) atoms. The molecule has 1 saturated heterocycles. The van der Waals surface area contributed by atoms with Crippen LogP contribution in [0.2, 0.25) is 0 Å². The molecule has 1 aromatic rings. The first kappa shape index (κ1) is 19.7. The van der Waals surface area contributed by atoms with E-state index in [0.717, 1.165) is 5.56 Å². The number of aliphatic hydroxyl groups excluding tert-OH is 1. The number of rotatable bonds is 8. The van der Waals surface area contributed by atoms with Gasteiger partial charge in [0, 0.05) is 13.0 Å². The first-order valence-corrected chi connectivity index (χ1v) is 8.48. The van der Waals surface area contributed by atoms with Crippen molar-refractivity contribution in [1.82, 2.24) is 4.90 Å². The van der Waals surface area contributed by atoms with Crippen LogP contribution in [0.3, 0.4) is 0 Å². The van der Waals surface area contributed by atoms with Gasteiger partial charge in [-0.3, -0.25) is 4.79 Å². The van der Waals surface area contributed by atoms with Crippen molar-refractivity contribution in [3.8, 4) is 5.75 Å². The minimum absolute atomic E-state index is 0.0375. The number of amides is 1. The van der Waals surface area contributed by atoms with Gasteiger partial charge in [0.15, 0.2) is 18.2 Å². The molecular weight excluding hydrogens is 337 g/mol. The van der Waals surface area contributed by atoms with E-state index < -0.39 is 5.83 Å². The number of benzene rings is 1. The Labute approximate surface area is 153 Å². The number of carbonyl (C=O) groups is 1. The molecule has 6 heteroatoms. The van der Waals surface area contributed by atoms with Crippen LogP contribution in [0.25, 0.3) is 0 Å². The van der Waals surface area contributed by atoms with Gasteiger partial charge in [-0.15, -0.1) is 0 Å².